The zero-order valence-corrected chi connectivity index (χ0v) is 11.5. The monoisotopic (exact) mass is 271 g/mol. The number of phenolic OH excluding ortho intramolecular Hbond substituents is 1. The maximum atomic E-state index is 11.6. The molecule has 0 radical (unpaired) electrons. The molecule has 0 saturated carbocycles. The Labute approximate surface area is 118 Å². The molecule has 0 fully saturated rings. The van der Waals surface area contributed by atoms with Gasteiger partial charge in [0.25, 0.3) is 0 Å². The Morgan fingerprint density at radius 3 is 2.70 bits per heavy atom. The molecule has 0 amide bonds. The predicted molar refractivity (Wildman–Crippen MR) is 78.0 cm³/mol. The lowest BCUT2D eigenvalue weighted by molar-refractivity contribution is 0.0600. The number of methoxy groups -OCH3 is 1. The second-order valence-corrected chi connectivity index (χ2v) is 4.49. The summed E-state index contributed by atoms with van der Waals surface area (Å²) >= 11 is 0. The van der Waals surface area contributed by atoms with E-state index in [0.717, 1.165) is 16.8 Å². The fourth-order valence-corrected chi connectivity index (χ4v) is 2.02. The van der Waals surface area contributed by atoms with Crippen LogP contribution >= 0.6 is 0 Å². The number of hydrogen-bond donors (Lipinski definition) is 2. The first-order valence-corrected chi connectivity index (χ1v) is 6.31. The minimum atomic E-state index is -0.344. The van der Waals surface area contributed by atoms with Gasteiger partial charge >= 0.3 is 5.97 Å². The summed E-state index contributed by atoms with van der Waals surface area (Å²) < 4.78 is 4.75. The Bertz CT molecular complexity index is 623. The summed E-state index contributed by atoms with van der Waals surface area (Å²) in [5, 5.41) is 12.7. The molecule has 0 spiro atoms. The van der Waals surface area contributed by atoms with Gasteiger partial charge in [0.2, 0.25) is 0 Å². The first kappa shape index (κ1) is 13.9. The fourth-order valence-electron chi connectivity index (χ4n) is 2.02. The summed E-state index contributed by atoms with van der Waals surface area (Å²) in [5.74, 6) is -0.104. The molecule has 2 aromatic carbocycles. The van der Waals surface area contributed by atoms with Crippen molar-refractivity contribution in [1.29, 1.82) is 0 Å². The summed E-state index contributed by atoms with van der Waals surface area (Å²) in [4.78, 5) is 11.6. The summed E-state index contributed by atoms with van der Waals surface area (Å²) in [6, 6.07) is 12.5. The molecule has 0 aliphatic heterocycles. The number of hydrogen-bond acceptors (Lipinski definition) is 4. The lowest BCUT2D eigenvalue weighted by atomic mass is 10.1. The smallest absolute Gasteiger partial charge is 0.338 e. The summed E-state index contributed by atoms with van der Waals surface area (Å²) in [5.41, 5.74) is 3.23. The van der Waals surface area contributed by atoms with Crippen LogP contribution in [0.15, 0.2) is 42.5 Å². The van der Waals surface area contributed by atoms with Crippen molar-refractivity contribution >= 4 is 11.7 Å². The van der Waals surface area contributed by atoms with Crippen LogP contribution in [0.25, 0.3) is 0 Å². The largest absolute Gasteiger partial charge is 0.508 e. The molecule has 0 unspecified atom stereocenters. The molecule has 0 atom stereocenters. The van der Waals surface area contributed by atoms with E-state index in [1.54, 1.807) is 24.3 Å². The molecule has 0 aliphatic carbocycles. The van der Waals surface area contributed by atoms with Gasteiger partial charge < -0.3 is 15.2 Å². The van der Waals surface area contributed by atoms with Crippen LogP contribution in [0.1, 0.15) is 21.5 Å². The minimum Gasteiger partial charge on any atom is -0.508 e. The van der Waals surface area contributed by atoms with Crippen molar-refractivity contribution in [3.63, 3.8) is 0 Å². The third kappa shape index (κ3) is 3.09. The molecule has 0 aromatic heterocycles. The van der Waals surface area contributed by atoms with Gasteiger partial charge in [-0.25, -0.2) is 4.79 Å². The second kappa shape index (κ2) is 6.10. The van der Waals surface area contributed by atoms with Crippen LogP contribution in [0.4, 0.5) is 5.69 Å². The van der Waals surface area contributed by atoms with Gasteiger partial charge in [0.15, 0.2) is 0 Å². The topological polar surface area (TPSA) is 58.6 Å². The van der Waals surface area contributed by atoms with Gasteiger partial charge in [0.05, 0.1) is 12.7 Å². The van der Waals surface area contributed by atoms with Crippen LogP contribution in [0.5, 0.6) is 5.75 Å². The standard InChI is InChI=1S/C16H17NO3/c1-11-14(16(19)20-2)7-4-8-15(11)17-10-12-5-3-6-13(18)9-12/h3-9,17-18H,10H2,1-2H3. The number of anilines is 1. The lowest BCUT2D eigenvalue weighted by Crippen LogP contribution is -2.07. The van der Waals surface area contributed by atoms with Crippen molar-refractivity contribution in [3.05, 3.63) is 59.2 Å². The summed E-state index contributed by atoms with van der Waals surface area (Å²) in [6.07, 6.45) is 0. The van der Waals surface area contributed by atoms with Gasteiger partial charge in [-0.05, 0) is 42.3 Å². The Hall–Kier alpha value is -2.49. The van der Waals surface area contributed by atoms with Crippen molar-refractivity contribution < 1.29 is 14.6 Å². The number of nitrogens with one attached hydrogen (secondary N) is 1. The van der Waals surface area contributed by atoms with E-state index in [1.165, 1.54) is 7.11 Å². The third-order valence-electron chi connectivity index (χ3n) is 3.13. The van der Waals surface area contributed by atoms with Crippen LogP contribution < -0.4 is 5.32 Å². The number of ether oxygens (including phenoxy) is 1. The maximum Gasteiger partial charge on any atom is 0.338 e. The summed E-state index contributed by atoms with van der Waals surface area (Å²) in [6.45, 7) is 2.44. The number of rotatable bonds is 4. The second-order valence-electron chi connectivity index (χ2n) is 4.49. The number of esters is 1. The van der Waals surface area contributed by atoms with E-state index in [1.807, 2.05) is 25.1 Å². The molecule has 4 nitrogen and oxygen atoms in total. The highest BCUT2D eigenvalue weighted by atomic mass is 16.5. The zero-order valence-electron chi connectivity index (χ0n) is 11.5. The van der Waals surface area contributed by atoms with Crippen LogP contribution in [-0.4, -0.2) is 18.2 Å². The third-order valence-corrected chi connectivity index (χ3v) is 3.13. The van der Waals surface area contributed by atoms with E-state index in [4.69, 9.17) is 4.74 Å². The zero-order chi connectivity index (χ0) is 14.5. The van der Waals surface area contributed by atoms with Crippen molar-refractivity contribution in [1.82, 2.24) is 0 Å². The average Bonchev–Trinajstić information content (AvgIpc) is 2.45. The Kier molecular flexibility index (Phi) is 4.25. The molecule has 0 saturated heterocycles. The average molecular weight is 271 g/mol. The number of carbonyl (C=O) groups excluding carboxylic acids is 1. The maximum absolute atomic E-state index is 11.6. The molecule has 20 heavy (non-hydrogen) atoms. The van der Waals surface area contributed by atoms with Crippen LogP contribution in [0.2, 0.25) is 0 Å². The van der Waals surface area contributed by atoms with Gasteiger partial charge in [0.1, 0.15) is 5.75 Å². The van der Waals surface area contributed by atoms with Crippen molar-refractivity contribution in [3.8, 4) is 5.75 Å². The van der Waals surface area contributed by atoms with E-state index in [9.17, 15) is 9.90 Å². The lowest BCUT2D eigenvalue weighted by Gasteiger charge is -2.12. The van der Waals surface area contributed by atoms with Crippen molar-refractivity contribution in [2.24, 2.45) is 0 Å². The number of carbonyl (C=O) groups is 1. The van der Waals surface area contributed by atoms with Gasteiger partial charge in [-0.1, -0.05) is 18.2 Å². The van der Waals surface area contributed by atoms with Crippen LogP contribution in [0.3, 0.4) is 0 Å². The molecule has 2 N–H and O–H groups in total. The summed E-state index contributed by atoms with van der Waals surface area (Å²) in [7, 11) is 1.37. The molecule has 2 rings (SSSR count). The van der Waals surface area contributed by atoms with Gasteiger partial charge in [0, 0.05) is 12.2 Å². The predicted octanol–water partition coefficient (Wildman–Crippen LogP) is 3.10. The highest BCUT2D eigenvalue weighted by molar-refractivity contribution is 5.92. The van der Waals surface area contributed by atoms with E-state index in [-0.39, 0.29) is 11.7 Å². The minimum absolute atomic E-state index is 0.240. The number of aromatic hydroxyl groups is 1. The molecule has 104 valence electrons. The Morgan fingerprint density at radius 1 is 1.25 bits per heavy atom. The molecular formula is C16H17NO3. The molecular weight excluding hydrogens is 254 g/mol. The molecule has 2 aromatic rings. The van der Waals surface area contributed by atoms with Gasteiger partial charge in [-0.15, -0.1) is 0 Å². The molecule has 4 heteroatoms. The van der Waals surface area contributed by atoms with Crippen LogP contribution in [0, 0.1) is 6.92 Å². The van der Waals surface area contributed by atoms with E-state index in [0.29, 0.717) is 12.1 Å². The first-order valence-electron chi connectivity index (χ1n) is 6.31. The van der Waals surface area contributed by atoms with Crippen molar-refractivity contribution in [2.45, 2.75) is 13.5 Å². The van der Waals surface area contributed by atoms with Gasteiger partial charge in [-0.2, -0.15) is 0 Å². The van der Waals surface area contributed by atoms with Gasteiger partial charge in [-0.3, -0.25) is 0 Å². The highest BCUT2D eigenvalue weighted by Gasteiger charge is 2.11. The SMILES string of the molecule is COC(=O)c1cccc(NCc2cccc(O)c2)c1C. The quantitative estimate of drug-likeness (QED) is 0.839. The molecule has 0 heterocycles. The van der Waals surface area contributed by atoms with E-state index < -0.39 is 0 Å². The molecule has 0 bridgehead atoms. The molecule has 0 aliphatic rings. The van der Waals surface area contributed by atoms with Crippen molar-refractivity contribution in [2.75, 3.05) is 12.4 Å². The van der Waals surface area contributed by atoms with E-state index in [2.05, 4.69) is 5.32 Å². The Balaban J connectivity index is 2.16. The Morgan fingerprint density at radius 2 is 2.00 bits per heavy atom. The first-order chi connectivity index (χ1) is 9.61. The van der Waals surface area contributed by atoms with E-state index >= 15 is 0 Å². The number of benzene rings is 2. The normalized spacial score (nSPS) is 10.1. The van der Waals surface area contributed by atoms with Crippen LogP contribution in [-0.2, 0) is 11.3 Å². The highest BCUT2D eigenvalue weighted by Crippen LogP contribution is 2.21. The fraction of sp³-hybridized carbons (Fsp3) is 0.188. The number of phenols is 1.